The first kappa shape index (κ1) is 17.1. The van der Waals surface area contributed by atoms with E-state index in [1.807, 2.05) is 13.8 Å². The normalized spacial score (nSPS) is 11.8. The number of nitrogen functional groups attached to an aromatic ring is 1. The van der Waals surface area contributed by atoms with E-state index < -0.39 is 5.82 Å². The molecule has 0 heterocycles. The highest BCUT2D eigenvalue weighted by molar-refractivity contribution is 5.77. The average molecular weight is 297 g/mol. The van der Waals surface area contributed by atoms with E-state index >= 15 is 0 Å². The van der Waals surface area contributed by atoms with Crippen LogP contribution in [0.15, 0.2) is 12.1 Å². The summed E-state index contributed by atoms with van der Waals surface area (Å²) in [6.45, 7) is 6.54. The molecule has 0 aliphatic heterocycles. The van der Waals surface area contributed by atoms with Gasteiger partial charge in [-0.1, -0.05) is 6.92 Å². The summed E-state index contributed by atoms with van der Waals surface area (Å²) in [5, 5.41) is 5.90. The molecule has 4 N–H and O–H groups in total. The number of carbonyl (C=O) groups is 1. The number of anilines is 2. The number of nitrogens with two attached hydrogens (primary N) is 1. The number of halogens is 1. The van der Waals surface area contributed by atoms with Crippen molar-refractivity contribution in [2.45, 2.75) is 39.7 Å². The van der Waals surface area contributed by atoms with Crippen molar-refractivity contribution in [3.05, 3.63) is 17.9 Å². The van der Waals surface area contributed by atoms with Crippen molar-refractivity contribution in [3.8, 4) is 5.75 Å². The van der Waals surface area contributed by atoms with Gasteiger partial charge in [-0.2, -0.15) is 0 Å². The van der Waals surface area contributed by atoms with E-state index in [-0.39, 0.29) is 17.7 Å². The molecule has 1 aromatic carbocycles. The Labute approximate surface area is 125 Å². The third-order valence-electron chi connectivity index (χ3n) is 3.09. The second-order valence-electron chi connectivity index (χ2n) is 4.86. The molecule has 0 spiro atoms. The second-order valence-corrected chi connectivity index (χ2v) is 4.86. The topological polar surface area (TPSA) is 76.4 Å². The molecule has 5 nitrogen and oxygen atoms in total. The fourth-order valence-corrected chi connectivity index (χ4v) is 1.75. The molecule has 21 heavy (non-hydrogen) atoms. The Morgan fingerprint density at radius 1 is 1.43 bits per heavy atom. The minimum absolute atomic E-state index is 0.0254. The standard InChI is InChI=1S/C15H24FN3O2/c1-4-10(3)19-15(20)6-7-18-13-9-14(21-5-2)11(16)8-12(13)17/h8-10,18H,4-7,17H2,1-3H3,(H,19,20). The van der Waals surface area contributed by atoms with Gasteiger partial charge in [-0.3, -0.25) is 4.79 Å². The number of rotatable bonds is 8. The molecular formula is C15H24FN3O2. The Bertz CT molecular complexity index is 480. The molecule has 0 fully saturated rings. The van der Waals surface area contributed by atoms with E-state index in [2.05, 4.69) is 10.6 Å². The molecule has 0 radical (unpaired) electrons. The van der Waals surface area contributed by atoms with Crippen molar-refractivity contribution in [2.75, 3.05) is 24.2 Å². The van der Waals surface area contributed by atoms with Gasteiger partial charge in [0.15, 0.2) is 11.6 Å². The van der Waals surface area contributed by atoms with Crippen LogP contribution in [-0.4, -0.2) is 25.1 Å². The SMILES string of the molecule is CCOc1cc(NCCC(=O)NC(C)CC)c(N)cc1F. The molecule has 0 bridgehead atoms. The van der Waals surface area contributed by atoms with Gasteiger partial charge in [-0.15, -0.1) is 0 Å². The van der Waals surface area contributed by atoms with Gasteiger partial charge in [-0.05, 0) is 20.3 Å². The lowest BCUT2D eigenvalue weighted by atomic mass is 10.2. The summed E-state index contributed by atoms with van der Waals surface area (Å²) < 4.78 is 18.7. The summed E-state index contributed by atoms with van der Waals surface area (Å²) in [7, 11) is 0. The lowest BCUT2D eigenvalue weighted by molar-refractivity contribution is -0.121. The summed E-state index contributed by atoms with van der Waals surface area (Å²) in [4.78, 5) is 11.6. The van der Waals surface area contributed by atoms with Crippen molar-refractivity contribution >= 4 is 17.3 Å². The Kier molecular flexibility index (Phi) is 6.78. The van der Waals surface area contributed by atoms with E-state index in [9.17, 15) is 9.18 Å². The van der Waals surface area contributed by atoms with Crippen LogP contribution in [0.2, 0.25) is 0 Å². The third kappa shape index (κ3) is 5.49. The van der Waals surface area contributed by atoms with Gasteiger partial charge in [0, 0.05) is 31.1 Å². The van der Waals surface area contributed by atoms with Gasteiger partial charge < -0.3 is 21.1 Å². The number of amides is 1. The minimum atomic E-state index is -0.491. The maximum absolute atomic E-state index is 13.6. The first-order valence-corrected chi connectivity index (χ1v) is 7.22. The van der Waals surface area contributed by atoms with Crippen LogP contribution in [0, 0.1) is 5.82 Å². The number of hydrogen-bond donors (Lipinski definition) is 3. The molecule has 1 amide bonds. The van der Waals surface area contributed by atoms with Crippen molar-refractivity contribution in [3.63, 3.8) is 0 Å². The molecule has 1 unspecified atom stereocenters. The number of ether oxygens (including phenoxy) is 1. The maximum atomic E-state index is 13.6. The molecule has 1 atom stereocenters. The molecule has 1 rings (SSSR count). The quantitative estimate of drug-likeness (QED) is 0.644. The van der Waals surface area contributed by atoms with E-state index in [0.29, 0.717) is 30.9 Å². The predicted octanol–water partition coefficient (Wildman–Crippen LogP) is 2.52. The van der Waals surface area contributed by atoms with Crippen molar-refractivity contribution < 1.29 is 13.9 Å². The summed E-state index contributed by atoms with van der Waals surface area (Å²) in [6, 6.07) is 2.89. The van der Waals surface area contributed by atoms with Crippen molar-refractivity contribution in [2.24, 2.45) is 0 Å². The molecule has 0 saturated carbocycles. The fraction of sp³-hybridized carbons (Fsp3) is 0.533. The average Bonchev–Trinajstić information content (AvgIpc) is 2.43. The summed E-state index contributed by atoms with van der Waals surface area (Å²) >= 11 is 0. The number of benzene rings is 1. The van der Waals surface area contributed by atoms with E-state index in [1.165, 1.54) is 12.1 Å². The van der Waals surface area contributed by atoms with E-state index in [0.717, 1.165) is 6.42 Å². The van der Waals surface area contributed by atoms with E-state index in [1.54, 1.807) is 6.92 Å². The van der Waals surface area contributed by atoms with Crippen molar-refractivity contribution in [1.29, 1.82) is 0 Å². The van der Waals surface area contributed by atoms with E-state index in [4.69, 9.17) is 10.5 Å². The summed E-state index contributed by atoms with van der Waals surface area (Å²) in [6.07, 6.45) is 1.22. The highest BCUT2D eigenvalue weighted by atomic mass is 19.1. The Morgan fingerprint density at radius 2 is 2.14 bits per heavy atom. The summed E-state index contributed by atoms with van der Waals surface area (Å²) in [5.41, 5.74) is 6.60. The minimum Gasteiger partial charge on any atom is -0.491 e. The molecule has 1 aromatic rings. The monoisotopic (exact) mass is 297 g/mol. The molecular weight excluding hydrogens is 273 g/mol. The van der Waals surface area contributed by atoms with Crippen LogP contribution in [0.3, 0.4) is 0 Å². The van der Waals surface area contributed by atoms with Crippen LogP contribution in [0.25, 0.3) is 0 Å². The van der Waals surface area contributed by atoms with Gasteiger partial charge in [0.25, 0.3) is 0 Å². The van der Waals surface area contributed by atoms with Crippen LogP contribution < -0.4 is 21.1 Å². The number of nitrogens with one attached hydrogen (secondary N) is 2. The highest BCUT2D eigenvalue weighted by Gasteiger charge is 2.10. The van der Waals surface area contributed by atoms with Crippen molar-refractivity contribution in [1.82, 2.24) is 5.32 Å². The lowest BCUT2D eigenvalue weighted by Gasteiger charge is -2.14. The third-order valence-corrected chi connectivity index (χ3v) is 3.09. The molecule has 0 aromatic heterocycles. The molecule has 118 valence electrons. The number of hydrogen-bond acceptors (Lipinski definition) is 4. The Hall–Kier alpha value is -1.98. The summed E-state index contributed by atoms with van der Waals surface area (Å²) in [5.74, 6) is -0.366. The van der Waals surface area contributed by atoms with Gasteiger partial charge in [-0.25, -0.2) is 4.39 Å². The first-order valence-electron chi connectivity index (χ1n) is 7.22. The second kappa shape index (κ2) is 8.34. The Balaban J connectivity index is 2.55. The smallest absolute Gasteiger partial charge is 0.221 e. The molecule has 0 saturated heterocycles. The largest absolute Gasteiger partial charge is 0.491 e. The van der Waals surface area contributed by atoms with Crippen LogP contribution in [0.4, 0.5) is 15.8 Å². The molecule has 6 heteroatoms. The zero-order chi connectivity index (χ0) is 15.8. The zero-order valence-corrected chi connectivity index (χ0v) is 12.8. The van der Waals surface area contributed by atoms with Crippen LogP contribution in [-0.2, 0) is 4.79 Å². The molecule has 0 aliphatic rings. The highest BCUT2D eigenvalue weighted by Crippen LogP contribution is 2.28. The van der Waals surface area contributed by atoms with Gasteiger partial charge in [0.05, 0.1) is 18.0 Å². The molecule has 0 aliphatic carbocycles. The van der Waals surface area contributed by atoms with Gasteiger partial charge in [0.1, 0.15) is 0 Å². The van der Waals surface area contributed by atoms with Gasteiger partial charge >= 0.3 is 0 Å². The Morgan fingerprint density at radius 3 is 2.76 bits per heavy atom. The predicted molar refractivity (Wildman–Crippen MR) is 83.0 cm³/mol. The fourth-order valence-electron chi connectivity index (χ4n) is 1.75. The van der Waals surface area contributed by atoms with Crippen LogP contribution >= 0.6 is 0 Å². The first-order chi connectivity index (χ1) is 9.97. The van der Waals surface area contributed by atoms with Crippen LogP contribution in [0.5, 0.6) is 5.75 Å². The van der Waals surface area contributed by atoms with Crippen LogP contribution in [0.1, 0.15) is 33.6 Å². The lowest BCUT2D eigenvalue weighted by Crippen LogP contribution is -2.33. The zero-order valence-electron chi connectivity index (χ0n) is 12.8. The number of carbonyl (C=O) groups excluding carboxylic acids is 1. The maximum Gasteiger partial charge on any atom is 0.221 e. The van der Waals surface area contributed by atoms with Gasteiger partial charge in [0.2, 0.25) is 5.91 Å².